The van der Waals surface area contributed by atoms with Crippen molar-refractivity contribution in [3.8, 4) is 0 Å². The van der Waals surface area contributed by atoms with Crippen molar-refractivity contribution < 1.29 is 4.42 Å². The molecule has 0 fully saturated rings. The minimum atomic E-state index is -0.0448. The molecule has 0 aliphatic heterocycles. The summed E-state index contributed by atoms with van der Waals surface area (Å²) >= 11 is 2.13. The van der Waals surface area contributed by atoms with Gasteiger partial charge < -0.3 is 4.42 Å². The van der Waals surface area contributed by atoms with Crippen molar-refractivity contribution >= 4 is 28.3 Å². The highest BCUT2D eigenvalue weighted by Crippen LogP contribution is 2.13. The summed E-state index contributed by atoms with van der Waals surface area (Å²) in [5.74, 6) is 0.643. The van der Waals surface area contributed by atoms with Crippen molar-refractivity contribution in [2.24, 2.45) is 0 Å². The van der Waals surface area contributed by atoms with E-state index in [-0.39, 0.29) is 5.56 Å². The van der Waals surface area contributed by atoms with Gasteiger partial charge in [-0.05, 0) is 35.6 Å². The summed E-state index contributed by atoms with van der Waals surface area (Å²) in [7, 11) is 0. The lowest BCUT2D eigenvalue weighted by atomic mass is 10.5. The predicted molar refractivity (Wildman–Crippen MR) is 53.4 cm³/mol. The minimum absolute atomic E-state index is 0.0448. The fraction of sp³-hybridized carbons (Fsp3) is 0.125. The van der Waals surface area contributed by atoms with Crippen LogP contribution in [0.2, 0.25) is 0 Å². The molecule has 12 heavy (non-hydrogen) atoms. The van der Waals surface area contributed by atoms with Gasteiger partial charge in [-0.2, -0.15) is 0 Å². The first kappa shape index (κ1) is 7.85. The standard InChI is InChI=1S/C8H6INO2/c1-5-4-7(11)10-3-2-6(9)8(10)12-5/h2-4H,1H3. The highest BCUT2D eigenvalue weighted by molar-refractivity contribution is 14.1. The number of hydrogen-bond donors (Lipinski definition) is 0. The third-order valence-electron chi connectivity index (χ3n) is 1.61. The number of halogens is 1. The maximum atomic E-state index is 11.3. The van der Waals surface area contributed by atoms with E-state index in [4.69, 9.17) is 4.42 Å². The Morgan fingerprint density at radius 1 is 1.58 bits per heavy atom. The van der Waals surface area contributed by atoms with E-state index in [1.165, 1.54) is 10.5 Å². The topological polar surface area (TPSA) is 34.6 Å². The Morgan fingerprint density at radius 3 is 3.08 bits per heavy atom. The van der Waals surface area contributed by atoms with Gasteiger partial charge in [0.25, 0.3) is 5.56 Å². The van der Waals surface area contributed by atoms with Gasteiger partial charge in [-0.3, -0.25) is 9.20 Å². The number of aryl methyl sites for hydroxylation is 1. The van der Waals surface area contributed by atoms with Gasteiger partial charge in [0, 0.05) is 12.3 Å². The largest absolute Gasteiger partial charge is 0.444 e. The van der Waals surface area contributed by atoms with Crippen LogP contribution < -0.4 is 5.56 Å². The van der Waals surface area contributed by atoms with Gasteiger partial charge in [0.2, 0.25) is 5.71 Å². The number of hydrogen-bond acceptors (Lipinski definition) is 2. The van der Waals surface area contributed by atoms with E-state index in [1.54, 1.807) is 13.1 Å². The molecule has 0 saturated heterocycles. The average molecular weight is 275 g/mol. The molecule has 0 aromatic carbocycles. The third-order valence-corrected chi connectivity index (χ3v) is 2.44. The summed E-state index contributed by atoms with van der Waals surface area (Å²) < 4.78 is 7.82. The Morgan fingerprint density at radius 2 is 2.33 bits per heavy atom. The van der Waals surface area contributed by atoms with Crippen LogP contribution in [0.5, 0.6) is 0 Å². The quantitative estimate of drug-likeness (QED) is 0.687. The zero-order valence-corrected chi connectivity index (χ0v) is 8.53. The lowest BCUT2D eigenvalue weighted by Crippen LogP contribution is -2.09. The average Bonchev–Trinajstić information content (AvgIpc) is 2.33. The van der Waals surface area contributed by atoms with E-state index < -0.39 is 0 Å². The molecule has 0 bridgehead atoms. The van der Waals surface area contributed by atoms with E-state index in [0.29, 0.717) is 11.5 Å². The second-order valence-electron chi connectivity index (χ2n) is 2.53. The molecule has 4 heteroatoms. The van der Waals surface area contributed by atoms with E-state index in [1.807, 2.05) is 6.07 Å². The number of rotatable bonds is 0. The maximum absolute atomic E-state index is 11.3. The van der Waals surface area contributed by atoms with Gasteiger partial charge in [-0.15, -0.1) is 0 Å². The molecule has 0 aliphatic rings. The van der Waals surface area contributed by atoms with Gasteiger partial charge in [0.15, 0.2) is 0 Å². The van der Waals surface area contributed by atoms with Crippen molar-refractivity contribution in [3.63, 3.8) is 0 Å². The second-order valence-corrected chi connectivity index (χ2v) is 3.70. The van der Waals surface area contributed by atoms with E-state index >= 15 is 0 Å². The highest BCUT2D eigenvalue weighted by Gasteiger charge is 2.04. The molecule has 0 aliphatic carbocycles. The molecule has 3 nitrogen and oxygen atoms in total. The van der Waals surface area contributed by atoms with Crippen molar-refractivity contribution in [1.29, 1.82) is 0 Å². The normalized spacial score (nSPS) is 10.8. The van der Waals surface area contributed by atoms with Gasteiger partial charge in [0.1, 0.15) is 5.76 Å². The molecular weight excluding hydrogens is 269 g/mol. The lowest BCUT2D eigenvalue weighted by Gasteiger charge is -1.94. The van der Waals surface area contributed by atoms with E-state index in [0.717, 1.165) is 3.57 Å². The Labute approximate surface area is 82.1 Å². The third kappa shape index (κ3) is 1.06. The number of nitrogens with zero attached hydrogens (tertiary/aromatic N) is 1. The molecule has 2 heterocycles. The minimum Gasteiger partial charge on any atom is -0.444 e. The summed E-state index contributed by atoms with van der Waals surface area (Å²) in [6.45, 7) is 1.77. The van der Waals surface area contributed by atoms with E-state index in [2.05, 4.69) is 22.6 Å². The molecule has 0 unspecified atom stereocenters. The summed E-state index contributed by atoms with van der Waals surface area (Å²) in [4.78, 5) is 11.3. The monoisotopic (exact) mass is 275 g/mol. The van der Waals surface area contributed by atoms with Crippen LogP contribution in [0.15, 0.2) is 27.5 Å². The molecule has 0 spiro atoms. The van der Waals surface area contributed by atoms with Crippen molar-refractivity contribution in [2.75, 3.05) is 0 Å². The Balaban J connectivity index is 3.03. The Bertz CT molecular complexity index is 483. The summed E-state index contributed by atoms with van der Waals surface area (Å²) in [5.41, 5.74) is 0.581. The van der Waals surface area contributed by atoms with Crippen LogP contribution in [0, 0.1) is 10.5 Å². The zero-order valence-electron chi connectivity index (χ0n) is 6.37. The van der Waals surface area contributed by atoms with Crippen LogP contribution in [0.1, 0.15) is 5.76 Å². The highest BCUT2D eigenvalue weighted by atomic mass is 127. The molecule has 0 N–H and O–H groups in total. The molecule has 0 radical (unpaired) electrons. The molecule has 62 valence electrons. The van der Waals surface area contributed by atoms with Crippen LogP contribution in [-0.2, 0) is 0 Å². The molecule has 2 rings (SSSR count). The summed E-state index contributed by atoms with van der Waals surface area (Å²) in [5, 5.41) is 0. The Hall–Kier alpha value is -0.780. The van der Waals surface area contributed by atoms with Gasteiger partial charge in [0.05, 0.1) is 3.57 Å². The SMILES string of the molecule is Cc1cc(=O)n2ccc(I)c2o1. The zero-order chi connectivity index (χ0) is 8.72. The van der Waals surface area contributed by atoms with Gasteiger partial charge in [-0.25, -0.2) is 0 Å². The molecule has 2 aromatic rings. The Kier molecular flexibility index (Phi) is 1.71. The summed E-state index contributed by atoms with van der Waals surface area (Å²) in [6.07, 6.45) is 1.71. The van der Waals surface area contributed by atoms with E-state index in [9.17, 15) is 4.79 Å². The number of aromatic nitrogens is 1. The van der Waals surface area contributed by atoms with Crippen LogP contribution in [0.4, 0.5) is 0 Å². The molecule has 0 saturated carbocycles. The van der Waals surface area contributed by atoms with Crippen LogP contribution in [-0.4, -0.2) is 4.40 Å². The summed E-state index contributed by atoms with van der Waals surface area (Å²) in [6, 6.07) is 3.32. The first-order valence-corrected chi connectivity index (χ1v) is 4.53. The van der Waals surface area contributed by atoms with Crippen molar-refractivity contribution in [3.05, 3.63) is 38.0 Å². The van der Waals surface area contributed by atoms with Crippen LogP contribution in [0.25, 0.3) is 5.71 Å². The second kappa shape index (κ2) is 2.62. The van der Waals surface area contributed by atoms with Crippen LogP contribution >= 0.6 is 22.6 Å². The fourth-order valence-corrected chi connectivity index (χ4v) is 1.62. The molecular formula is C8H6INO2. The van der Waals surface area contributed by atoms with Gasteiger partial charge in [-0.1, -0.05) is 0 Å². The first-order valence-electron chi connectivity index (χ1n) is 3.46. The predicted octanol–water partition coefficient (Wildman–Crippen LogP) is 1.81. The molecule has 0 amide bonds. The molecule has 2 aromatic heterocycles. The smallest absolute Gasteiger partial charge is 0.260 e. The number of fused-ring (bicyclic) bond motifs is 1. The van der Waals surface area contributed by atoms with Crippen LogP contribution in [0.3, 0.4) is 0 Å². The maximum Gasteiger partial charge on any atom is 0.260 e. The first-order chi connectivity index (χ1) is 5.68. The lowest BCUT2D eigenvalue weighted by molar-refractivity contribution is 0.536. The van der Waals surface area contributed by atoms with Crippen molar-refractivity contribution in [1.82, 2.24) is 4.40 Å². The van der Waals surface area contributed by atoms with Gasteiger partial charge >= 0.3 is 0 Å². The molecule has 0 atom stereocenters. The fourth-order valence-electron chi connectivity index (χ4n) is 1.09. The van der Waals surface area contributed by atoms with Crippen molar-refractivity contribution in [2.45, 2.75) is 6.92 Å².